The lowest BCUT2D eigenvalue weighted by Gasteiger charge is -2.05. The van der Waals surface area contributed by atoms with Crippen LogP contribution in [0.25, 0.3) is 0 Å². The van der Waals surface area contributed by atoms with Gasteiger partial charge in [-0.15, -0.1) is 0 Å². The number of aromatic nitrogens is 2. The first-order valence-corrected chi connectivity index (χ1v) is 6.41. The van der Waals surface area contributed by atoms with Crippen molar-refractivity contribution in [2.75, 3.05) is 12.0 Å². The van der Waals surface area contributed by atoms with Crippen LogP contribution in [0.1, 0.15) is 18.9 Å². The van der Waals surface area contributed by atoms with E-state index in [0.717, 1.165) is 25.1 Å². The molecular formula is C10H19N3S. The Morgan fingerprint density at radius 1 is 1.64 bits per heavy atom. The van der Waals surface area contributed by atoms with Crippen LogP contribution in [0.3, 0.4) is 0 Å². The summed E-state index contributed by atoms with van der Waals surface area (Å²) in [5.41, 5.74) is 7.12. The molecule has 2 N–H and O–H groups in total. The summed E-state index contributed by atoms with van der Waals surface area (Å²) in [5, 5.41) is 4.29. The summed E-state index contributed by atoms with van der Waals surface area (Å²) in [4.78, 5) is 0. The number of thioether (sulfide) groups is 1. The van der Waals surface area contributed by atoms with Crippen molar-refractivity contribution < 1.29 is 0 Å². The van der Waals surface area contributed by atoms with Gasteiger partial charge in [0.15, 0.2) is 0 Å². The van der Waals surface area contributed by atoms with Gasteiger partial charge in [-0.25, -0.2) is 0 Å². The smallest absolute Gasteiger partial charge is 0.0522 e. The highest BCUT2D eigenvalue weighted by Gasteiger charge is 2.03. The number of hydrogen-bond acceptors (Lipinski definition) is 3. The van der Waals surface area contributed by atoms with E-state index in [-0.39, 0.29) is 6.04 Å². The third-order valence-electron chi connectivity index (χ3n) is 2.23. The predicted molar refractivity (Wildman–Crippen MR) is 62.6 cm³/mol. The molecule has 0 aliphatic carbocycles. The van der Waals surface area contributed by atoms with E-state index in [4.69, 9.17) is 5.73 Å². The van der Waals surface area contributed by atoms with E-state index in [0.29, 0.717) is 0 Å². The first-order chi connectivity index (χ1) is 6.76. The summed E-state index contributed by atoms with van der Waals surface area (Å²) >= 11 is 1.84. The third-order valence-corrected chi connectivity index (χ3v) is 2.82. The minimum Gasteiger partial charge on any atom is -0.327 e. The van der Waals surface area contributed by atoms with Crippen molar-refractivity contribution in [3.05, 3.63) is 18.0 Å². The van der Waals surface area contributed by atoms with Crippen LogP contribution in [0.5, 0.6) is 0 Å². The molecule has 0 saturated carbocycles. The summed E-state index contributed by atoms with van der Waals surface area (Å²) < 4.78 is 1.99. The zero-order valence-electron chi connectivity index (χ0n) is 8.94. The Morgan fingerprint density at radius 2 is 2.43 bits per heavy atom. The second kappa shape index (κ2) is 6.09. The lowest BCUT2D eigenvalue weighted by Crippen LogP contribution is -2.21. The van der Waals surface area contributed by atoms with Crippen LogP contribution in [0.15, 0.2) is 12.4 Å². The fourth-order valence-electron chi connectivity index (χ4n) is 1.27. The summed E-state index contributed by atoms with van der Waals surface area (Å²) in [6.07, 6.45) is 8.10. The minimum absolute atomic E-state index is 0.271. The van der Waals surface area contributed by atoms with Crippen molar-refractivity contribution in [3.8, 4) is 0 Å². The average Bonchev–Trinajstić information content (AvgIpc) is 2.62. The molecule has 0 fully saturated rings. The molecule has 0 amide bonds. The second-order valence-corrected chi connectivity index (χ2v) is 4.46. The second-order valence-electron chi connectivity index (χ2n) is 3.48. The number of nitrogens with two attached hydrogens (primary N) is 1. The SMILES string of the molecule is CCC(N)Cc1cnn(CCSC)c1. The zero-order chi connectivity index (χ0) is 10.4. The van der Waals surface area contributed by atoms with Crippen LogP contribution >= 0.6 is 11.8 Å². The molecule has 80 valence electrons. The van der Waals surface area contributed by atoms with Crippen molar-refractivity contribution in [1.29, 1.82) is 0 Å². The normalized spacial score (nSPS) is 13.1. The van der Waals surface area contributed by atoms with E-state index in [1.807, 2.05) is 22.6 Å². The highest BCUT2D eigenvalue weighted by atomic mass is 32.2. The van der Waals surface area contributed by atoms with Gasteiger partial charge >= 0.3 is 0 Å². The van der Waals surface area contributed by atoms with E-state index in [1.54, 1.807) is 0 Å². The highest BCUT2D eigenvalue weighted by Crippen LogP contribution is 2.04. The van der Waals surface area contributed by atoms with Crippen LogP contribution in [0.4, 0.5) is 0 Å². The van der Waals surface area contributed by atoms with E-state index < -0.39 is 0 Å². The molecule has 14 heavy (non-hydrogen) atoms. The van der Waals surface area contributed by atoms with Gasteiger partial charge in [0.25, 0.3) is 0 Å². The van der Waals surface area contributed by atoms with Crippen molar-refractivity contribution in [2.45, 2.75) is 32.4 Å². The van der Waals surface area contributed by atoms with E-state index in [2.05, 4.69) is 24.5 Å². The maximum absolute atomic E-state index is 5.87. The molecule has 0 aromatic carbocycles. The van der Waals surface area contributed by atoms with Crippen LogP contribution in [0.2, 0.25) is 0 Å². The molecule has 1 aromatic heterocycles. The predicted octanol–water partition coefficient (Wildman–Crippen LogP) is 1.53. The van der Waals surface area contributed by atoms with Crippen LogP contribution in [-0.4, -0.2) is 27.8 Å². The molecule has 0 saturated heterocycles. The van der Waals surface area contributed by atoms with Crippen molar-refractivity contribution >= 4 is 11.8 Å². The van der Waals surface area contributed by atoms with E-state index in [1.165, 1.54) is 5.56 Å². The van der Waals surface area contributed by atoms with Gasteiger partial charge in [0, 0.05) is 24.5 Å². The Balaban J connectivity index is 2.42. The van der Waals surface area contributed by atoms with Gasteiger partial charge in [-0.1, -0.05) is 6.92 Å². The molecule has 1 unspecified atom stereocenters. The Hall–Kier alpha value is -0.480. The molecule has 4 heteroatoms. The summed E-state index contributed by atoms with van der Waals surface area (Å²) in [6, 6.07) is 0.271. The summed E-state index contributed by atoms with van der Waals surface area (Å²) in [5.74, 6) is 1.11. The largest absolute Gasteiger partial charge is 0.327 e. The summed E-state index contributed by atoms with van der Waals surface area (Å²) in [6.45, 7) is 3.10. The highest BCUT2D eigenvalue weighted by molar-refractivity contribution is 7.98. The molecule has 0 spiro atoms. The van der Waals surface area contributed by atoms with Gasteiger partial charge in [0.05, 0.1) is 6.20 Å². The van der Waals surface area contributed by atoms with E-state index >= 15 is 0 Å². The number of nitrogens with zero attached hydrogens (tertiary/aromatic N) is 2. The molecule has 0 aliphatic rings. The van der Waals surface area contributed by atoms with Gasteiger partial charge in [-0.2, -0.15) is 16.9 Å². The van der Waals surface area contributed by atoms with Crippen molar-refractivity contribution in [2.24, 2.45) is 5.73 Å². The lowest BCUT2D eigenvalue weighted by molar-refractivity contribution is 0.642. The average molecular weight is 213 g/mol. The molecular weight excluding hydrogens is 194 g/mol. The van der Waals surface area contributed by atoms with Gasteiger partial charge in [0.2, 0.25) is 0 Å². The van der Waals surface area contributed by atoms with Crippen molar-refractivity contribution in [1.82, 2.24) is 9.78 Å². The first kappa shape index (κ1) is 11.6. The Labute approximate surface area is 90.1 Å². The minimum atomic E-state index is 0.271. The van der Waals surface area contributed by atoms with Crippen molar-refractivity contribution in [3.63, 3.8) is 0 Å². The molecule has 1 rings (SSSR count). The number of hydrogen-bond donors (Lipinski definition) is 1. The summed E-state index contributed by atoms with van der Waals surface area (Å²) in [7, 11) is 0. The van der Waals surface area contributed by atoms with Crippen LogP contribution in [0, 0.1) is 0 Å². The Bertz CT molecular complexity index is 260. The first-order valence-electron chi connectivity index (χ1n) is 5.02. The quantitative estimate of drug-likeness (QED) is 0.779. The molecule has 0 bridgehead atoms. The van der Waals surface area contributed by atoms with E-state index in [9.17, 15) is 0 Å². The third kappa shape index (κ3) is 3.72. The zero-order valence-corrected chi connectivity index (χ0v) is 9.76. The molecule has 0 radical (unpaired) electrons. The lowest BCUT2D eigenvalue weighted by atomic mass is 10.1. The maximum Gasteiger partial charge on any atom is 0.0522 e. The van der Waals surface area contributed by atoms with Crippen LogP contribution < -0.4 is 5.73 Å². The van der Waals surface area contributed by atoms with Gasteiger partial charge in [-0.05, 0) is 24.7 Å². The molecule has 0 aliphatic heterocycles. The molecule has 1 atom stereocenters. The van der Waals surface area contributed by atoms with Gasteiger partial charge in [-0.3, -0.25) is 4.68 Å². The Kier molecular flexibility index (Phi) is 5.04. The number of rotatable bonds is 6. The fraction of sp³-hybridized carbons (Fsp3) is 0.700. The molecule has 1 heterocycles. The molecule has 1 aromatic rings. The monoisotopic (exact) mass is 213 g/mol. The fourth-order valence-corrected chi connectivity index (χ4v) is 1.64. The molecule has 3 nitrogen and oxygen atoms in total. The maximum atomic E-state index is 5.87. The van der Waals surface area contributed by atoms with Gasteiger partial charge < -0.3 is 5.73 Å². The topological polar surface area (TPSA) is 43.8 Å². The van der Waals surface area contributed by atoms with Gasteiger partial charge in [0.1, 0.15) is 0 Å². The standard InChI is InChI=1S/C10H19N3S/c1-3-10(11)6-9-7-12-13(8-9)4-5-14-2/h7-8,10H,3-6,11H2,1-2H3. The number of aryl methyl sites for hydroxylation is 1. The Morgan fingerprint density at radius 3 is 3.07 bits per heavy atom. The van der Waals surface area contributed by atoms with Crippen LogP contribution in [-0.2, 0) is 13.0 Å².